The van der Waals surface area contributed by atoms with Crippen molar-refractivity contribution in [1.82, 2.24) is 9.78 Å². The molecule has 2 heterocycles. The van der Waals surface area contributed by atoms with Gasteiger partial charge < -0.3 is 5.73 Å². The number of hydrogen-bond acceptors (Lipinski definition) is 3. The van der Waals surface area contributed by atoms with Crippen LogP contribution in [-0.4, -0.2) is 9.78 Å². The summed E-state index contributed by atoms with van der Waals surface area (Å²) in [7, 11) is 0. The van der Waals surface area contributed by atoms with Gasteiger partial charge in [0.15, 0.2) is 0 Å². The highest BCUT2D eigenvalue weighted by atomic mass is 35.5. The summed E-state index contributed by atoms with van der Waals surface area (Å²) in [5, 5.41) is 4.37. The lowest BCUT2D eigenvalue weighted by molar-refractivity contribution is 0.695. The molecule has 3 nitrogen and oxygen atoms in total. The van der Waals surface area contributed by atoms with Crippen LogP contribution in [0.5, 0.6) is 0 Å². The molecule has 0 saturated heterocycles. The Hall–Kier alpha value is -1.78. The first-order chi connectivity index (χ1) is 9.20. The van der Waals surface area contributed by atoms with E-state index < -0.39 is 0 Å². The minimum Gasteiger partial charge on any atom is -0.399 e. The third-order valence-corrected chi connectivity index (χ3v) is 4.02. The van der Waals surface area contributed by atoms with Crippen molar-refractivity contribution < 1.29 is 0 Å². The van der Waals surface area contributed by atoms with E-state index in [4.69, 9.17) is 17.3 Å². The van der Waals surface area contributed by atoms with Gasteiger partial charge in [-0.05, 0) is 29.8 Å². The van der Waals surface area contributed by atoms with Crippen LogP contribution < -0.4 is 5.73 Å². The number of benzene rings is 1. The summed E-state index contributed by atoms with van der Waals surface area (Å²) in [5.41, 5.74) is 8.69. The minimum atomic E-state index is 0.736. The zero-order chi connectivity index (χ0) is 13.2. The monoisotopic (exact) mass is 289 g/mol. The predicted octanol–water partition coefficient (Wildman–Crippen LogP) is 3.90. The molecule has 0 aliphatic carbocycles. The fraction of sp³-hybridized carbons (Fsp3) is 0.0714. The smallest absolute Gasteiger partial charge is 0.0931 e. The van der Waals surface area contributed by atoms with E-state index >= 15 is 0 Å². The molecule has 3 rings (SSSR count). The largest absolute Gasteiger partial charge is 0.399 e. The Labute approximate surface area is 120 Å². The number of nitrogens with zero attached hydrogens (tertiary/aromatic N) is 2. The zero-order valence-electron chi connectivity index (χ0n) is 10.1. The molecule has 19 heavy (non-hydrogen) atoms. The van der Waals surface area contributed by atoms with Gasteiger partial charge in [0.2, 0.25) is 0 Å². The van der Waals surface area contributed by atoms with E-state index in [0.29, 0.717) is 0 Å². The predicted molar refractivity (Wildman–Crippen MR) is 80.5 cm³/mol. The first-order valence-corrected chi connectivity index (χ1v) is 7.03. The Morgan fingerprint density at radius 2 is 2.11 bits per heavy atom. The van der Waals surface area contributed by atoms with Gasteiger partial charge in [0.25, 0.3) is 0 Å². The highest BCUT2D eigenvalue weighted by Gasteiger charge is 2.04. The molecule has 0 bridgehead atoms. The number of nitrogens with two attached hydrogens (primary N) is 1. The number of rotatable bonds is 3. The van der Waals surface area contributed by atoms with Crippen molar-refractivity contribution >= 4 is 28.6 Å². The van der Waals surface area contributed by atoms with E-state index in [1.165, 1.54) is 4.88 Å². The summed E-state index contributed by atoms with van der Waals surface area (Å²) < 4.78 is 2.71. The number of thiophene rings is 1. The Bertz CT molecular complexity index is 702. The summed E-state index contributed by atoms with van der Waals surface area (Å²) in [6.07, 6.45) is 3.87. The summed E-state index contributed by atoms with van der Waals surface area (Å²) >= 11 is 7.49. The quantitative estimate of drug-likeness (QED) is 0.743. The third kappa shape index (κ3) is 2.80. The molecule has 2 N–H and O–H groups in total. The summed E-state index contributed by atoms with van der Waals surface area (Å²) in [5.74, 6) is 0. The van der Waals surface area contributed by atoms with E-state index in [-0.39, 0.29) is 0 Å². The fourth-order valence-corrected chi connectivity index (χ4v) is 2.99. The number of aromatic nitrogens is 2. The standard InChI is InChI=1S/C14H12ClN3S/c15-14-5-4-13(19-14)9-18-8-11(7-17-18)10-2-1-3-12(16)6-10/h1-8H,9,16H2. The Balaban J connectivity index is 1.83. The van der Waals surface area contributed by atoms with Crippen molar-refractivity contribution in [3.63, 3.8) is 0 Å². The summed E-state index contributed by atoms with van der Waals surface area (Å²) in [6, 6.07) is 11.7. The molecule has 0 spiro atoms. The molecular weight excluding hydrogens is 278 g/mol. The molecule has 0 atom stereocenters. The van der Waals surface area contributed by atoms with Gasteiger partial charge in [0, 0.05) is 22.3 Å². The van der Waals surface area contributed by atoms with Crippen LogP contribution in [0.2, 0.25) is 4.34 Å². The SMILES string of the molecule is Nc1cccc(-c2cnn(Cc3ccc(Cl)s3)c2)c1. The van der Waals surface area contributed by atoms with Crippen molar-refractivity contribution in [2.24, 2.45) is 0 Å². The average molecular weight is 290 g/mol. The molecule has 3 aromatic rings. The molecule has 0 saturated carbocycles. The van der Waals surface area contributed by atoms with Gasteiger partial charge >= 0.3 is 0 Å². The molecule has 0 unspecified atom stereocenters. The normalized spacial score (nSPS) is 10.8. The van der Waals surface area contributed by atoms with Crippen LogP contribution >= 0.6 is 22.9 Å². The lowest BCUT2D eigenvalue weighted by Gasteiger charge is -1.99. The molecule has 0 fully saturated rings. The van der Waals surface area contributed by atoms with E-state index in [1.54, 1.807) is 11.3 Å². The van der Waals surface area contributed by atoms with Crippen molar-refractivity contribution in [1.29, 1.82) is 0 Å². The van der Waals surface area contributed by atoms with Gasteiger partial charge in [-0.25, -0.2) is 0 Å². The second-order valence-corrected chi connectivity index (χ2v) is 6.06. The van der Waals surface area contributed by atoms with Crippen molar-refractivity contribution in [2.45, 2.75) is 6.54 Å². The van der Waals surface area contributed by atoms with Crippen LogP contribution in [-0.2, 0) is 6.54 Å². The van der Waals surface area contributed by atoms with E-state index in [1.807, 2.05) is 53.5 Å². The highest BCUT2D eigenvalue weighted by molar-refractivity contribution is 7.16. The maximum absolute atomic E-state index is 5.92. The van der Waals surface area contributed by atoms with Gasteiger partial charge in [-0.1, -0.05) is 23.7 Å². The van der Waals surface area contributed by atoms with E-state index in [2.05, 4.69) is 5.10 Å². The number of hydrogen-bond donors (Lipinski definition) is 1. The number of halogens is 1. The van der Waals surface area contributed by atoms with Gasteiger partial charge in [0.05, 0.1) is 17.1 Å². The van der Waals surface area contributed by atoms with Crippen LogP contribution in [0.15, 0.2) is 48.8 Å². The van der Waals surface area contributed by atoms with Crippen LogP contribution in [0.25, 0.3) is 11.1 Å². The Morgan fingerprint density at radius 3 is 2.84 bits per heavy atom. The summed E-state index contributed by atoms with van der Waals surface area (Å²) in [6.45, 7) is 0.736. The molecule has 5 heteroatoms. The molecule has 0 amide bonds. The zero-order valence-corrected chi connectivity index (χ0v) is 11.7. The van der Waals surface area contributed by atoms with Gasteiger partial charge in [-0.3, -0.25) is 4.68 Å². The molecule has 96 valence electrons. The highest BCUT2D eigenvalue weighted by Crippen LogP contribution is 2.24. The minimum absolute atomic E-state index is 0.736. The maximum Gasteiger partial charge on any atom is 0.0931 e. The molecule has 1 aromatic carbocycles. The first kappa shape index (κ1) is 12.3. The van der Waals surface area contributed by atoms with Gasteiger partial charge in [-0.15, -0.1) is 11.3 Å². The van der Waals surface area contributed by atoms with Crippen LogP contribution in [0.4, 0.5) is 5.69 Å². The number of anilines is 1. The maximum atomic E-state index is 5.92. The topological polar surface area (TPSA) is 43.8 Å². The van der Waals surface area contributed by atoms with Crippen molar-refractivity contribution in [3.05, 3.63) is 58.0 Å². The van der Waals surface area contributed by atoms with Crippen molar-refractivity contribution in [3.8, 4) is 11.1 Å². The van der Waals surface area contributed by atoms with Gasteiger partial charge in [-0.2, -0.15) is 5.10 Å². The third-order valence-electron chi connectivity index (χ3n) is 2.80. The van der Waals surface area contributed by atoms with Crippen LogP contribution in [0, 0.1) is 0 Å². The fourth-order valence-electron chi connectivity index (χ4n) is 1.91. The average Bonchev–Trinajstić information content (AvgIpc) is 2.99. The number of nitrogen functional groups attached to an aromatic ring is 1. The Kier molecular flexibility index (Phi) is 3.27. The van der Waals surface area contributed by atoms with E-state index in [0.717, 1.165) is 27.7 Å². The van der Waals surface area contributed by atoms with Crippen LogP contribution in [0.1, 0.15) is 4.88 Å². The first-order valence-electron chi connectivity index (χ1n) is 5.83. The second-order valence-electron chi connectivity index (χ2n) is 4.26. The van der Waals surface area contributed by atoms with E-state index in [9.17, 15) is 0 Å². The molecule has 0 aliphatic rings. The van der Waals surface area contributed by atoms with Crippen LogP contribution in [0.3, 0.4) is 0 Å². The molecule has 0 aliphatic heterocycles. The molecule has 2 aromatic heterocycles. The Morgan fingerprint density at radius 1 is 1.21 bits per heavy atom. The second kappa shape index (κ2) is 5.07. The molecule has 0 radical (unpaired) electrons. The van der Waals surface area contributed by atoms with Crippen molar-refractivity contribution in [2.75, 3.05) is 5.73 Å². The lowest BCUT2D eigenvalue weighted by atomic mass is 10.1. The molecular formula is C14H12ClN3S. The summed E-state index contributed by atoms with van der Waals surface area (Å²) in [4.78, 5) is 1.19. The lowest BCUT2D eigenvalue weighted by Crippen LogP contribution is -1.97. The van der Waals surface area contributed by atoms with Gasteiger partial charge in [0.1, 0.15) is 0 Å².